The molecule has 0 aromatic carbocycles. The van der Waals surface area contributed by atoms with Crippen molar-refractivity contribution in [3.63, 3.8) is 0 Å². The van der Waals surface area contributed by atoms with Gasteiger partial charge in [-0.05, 0) is 35.9 Å². The maximum absolute atomic E-state index is 12.1. The topological polar surface area (TPSA) is 89.9 Å². The third-order valence-electron chi connectivity index (χ3n) is 4.69. The lowest BCUT2D eigenvalue weighted by Crippen LogP contribution is -2.21. The van der Waals surface area contributed by atoms with Crippen LogP contribution in [-0.2, 0) is 7.05 Å². The van der Waals surface area contributed by atoms with E-state index in [1.807, 2.05) is 36.0 Å². The van der Waals surface area contributed by atoms with Gasteiger partial charge in [0, 0.05) is 62.4 Å². The highest BCUT2D eigenvalue weighted by atomic mass is 16.2. The minimum Gasteiger partial charge on any atom is -0.383 e. The molecular formula is C21H20N6O. The number of rotatable bonds is 3. The third kappa shape index (κ3) is 2.96. The van der Waals surface area contributed by atoms with Gasteiger partial charge in [0.1, 0.15) is 11.5 Å². The largest absolute Gasteiger partial charge is 0.383 e. The molecule has 7 nitrogen and oxygen atoms in total. The lowest BCUT2D eigenvalue weighted by atomic mass is 10.0. The van der Waals surface area contributed by atoms with Crippen LogP contribution in [0.25, 0.3) is 33.4 Å². The number of aryl methyl sites for hydroxylation is 1. The second-order valence-corrected chi connectivity index (χ2v) is 6.81. The van der Waals surface area contributed by atoms with E-state index in [4.69, 9.17) is 5.73 Å². The summed E-state index contributed by atoms with van der Waals surface area (Å²) in [6, 6.07) is 9.51. The molecule has 4 rings (SSSR count). The molecule has 0 saturated carbocycles. The molecule has 0 saturated heterocycles. The molecule has 2 N–H and O–H groups in total. The van der Waals surface area contributed by atoms with Gasteiger partial charge in [0.25, 0.3) is 5.91 Å². The number of hydrogen-bond donors (Lipinski definition) is 1. The van der Waals surface area contributed by atoms with Crippen molar-refractivity contribution < 1.29 is 4.79 Å². The van der Waals surface area contributed by atoms with Crippen LogP contribution in [0.5, 0.6) is 0 Å². The predicted octanol–water partition coefficient (Wildman–Crippen LogP) is 2.98. The summed E-state index contributed by atoms with van der Waals surface area (Å²) in [6.45, 7) is 0. The standard InChI is InChI=1S/C21H20N6O/c1-26(2)21(28)13-4-5-18(24-11-13)17-10-14(12-25-19(17)22)15-6-8-23-20-16(15)7-9-27(20)3/h4-12H,1-3H3,(H2,22,25). The zero-order valence-corrected chi connectivity index (χ0v) is 15.9. The Labute approximate surface area is 162 Å². The van der Waals surface area contributed by atoms with Crippen LogP contribution in [0, 0.1) is 0 Å². The summed E-state index contributed by atoms with van der Waals surface area (Å²) in [4.78, 5) is 26.8. The van der Waals surface area contributed by atoms with E-state index in [0.29, 0.717) is 17.1 Å². The molecule has 140 valence electrons. The Morgan fingerprint density at radius 2 is 1.86 bits per heavy atom. The van der Waals surface area contributed by atoms with Crippen molar-refractivity contribution in [2.75, 3.05) is 19.8 Å². The minimum absolute atomic E-state index is 0.0952. The maximum Gasteiger partial charge on any atom is 0.254 e. The summed E-state index contributed by atoms with van der Waals surface area (Å²) < 4.78 is 1.98. The maximum atomic E-state index is 12.1. The summed E-state index contributed by atoms with van der Waals surface area (Å²) in [5.74, 6) is 0.295. The first kappa shape index (κ1) is 17.7. The van der Waals surface area contributed by atoms with Crippen LogP contribution >= 0.6 is 0 Å². The van der Waals surface area contributed by atoms with E-state index in [0.717, 1.165) is 27.7 Å². The van der Waals surface area contributed by atoms with Crippen LogP contribution in [0.1, 0.15) is 10.4 Å². The molecule has 0 fully saturated rings. The first-order chi connectivity index (χ1) is 13.5. The highest BCUT2D eigenvalue weighted by Crippen LogP contribution is 2.32. The van der Waals surface area contributed by atoms with Crippen LogP contribution in [0.3, 0.4) is 0 Å². The van der Waals surface area contributed by atoms with Crippen LogP contribution in [0.2, 0.25) is 0 Å². The summed E-state index contributed by atoms with van der Waals surface area (Å²) in [6.07, 6.45) is 7.08. The Balaban J connectivity index is 1.78. The summed E-state index contributed by atoms with van der Waals surface area (Å²) in [5.41, 5.74) is 10.9. The van der Waals surface area contributed by atoms with Gasteiger partial charge in [0.2, 0.25) is 0 Å². The normalized spacial score (nSPS) is 11.0. The van der Waals surface area contributed by atoms with Crippen LogP contribution in [0.4, 0.5) is 5.82 Å². The highest BCUT2D eigenvalue weighted by Gasteiger charge is 2.13. The minimum atomic E-state index is -0.0952. The van der Waals surface area contributed by atoms with Gasteiger partial charge in [0.05, 0.1) is 11.3 Å². The molecule has 7 heteroatoms. The number of amides is 1. The van der Waals surface area contributed by atoms with E-state index in [-0.39, 0.29) is 5.91 Å². The van der Waals surface area contributed by atoms with Crippen molar-refractivity contribution in [3.05, 3.63) is 60.7 Å². The van der Waals surface area contributed by atoms with Crippen LogP contribution in [-0.4, -0.2) is 44.4 Å². The number of pyridine rings is 3. The quantitative estimate of drug-likeness (QED) is 0.597. The molecule has 0 aliphatic rings. The number of anilines is 1. The van der Waals surface area contributed by atoms with Gasteiger partial charge >= 0.3 is 0 Å². The SMILES string of the molecule is CN(C)C(=O)c1ccc(-c2cc(-c3ccnc4c3ccn4C)cnc2N)nc1. The molecule has 0 radical (unpaired) electrons. The van der Waals surface area contributed by atoms with E-state index >= 15 is 0 Å². The third-order valence-corrected chi connectivity index (χ3v) is 4.69. The van der Waals surface area contributed by atoms with E-state index in [9.17, 15) is 4.79 Å². The molecule has 4 heterocycles. The summed E-state index contributed by atoms with van der Waals surface area (Å²) in [7, 11) is 5.38. The number of carbonyl (C=O) groups excluding carboxylic acids is 1. The number of hydrogen-bond acceptors (Lipinski definition) is 5. The molecule has 0 atom stereocenters. The zero-order valence-electron chi connectivity index (χ0n) is 15.9. The molecule has 0 spiro atoms. The molecular weight excluding hydrogens is 352 g/mol. The van der Waals surface area contributed by atoms with Gasteiger partial charge in [-0.3, -0.25) is 9.78 Å². The van der Waals surface area contributed by atoms with Crippen molar-refractivity contribution in [1.29, 1.82) is 0 Å². The number of nitrogens with zero attached hydrogens (tertiary/aromatic N) is 5. The Kier molecular flexibility index (Phi) is 4.27. The zero-order chi connectivity index (χ0) is 19.8. The van der Waals surface area contributed by atoms with Crippen LogP contribution in [0.15, 0.2) is 55.1 Å². The second-order valence-electron chi connectivity index (χ2n) is 6.81. The second kappa shape index (κ2) is 6.77. The first-order valence-corrected chi connectivity index (χ1v) is 8.79. The fraction of sp³-hybridized carbons (Fsp3) is 0.143. The average molecular weight is 372 g/mol. The van der Waals surface area contributed by atoms with Gasteiger partial charge in [-0.1, -0.05) is 0 Å². The number of nitrogens with two attached hydrogens (primary N) is 1. The smallest absolute Gasteiger partial charge is 0.254 e. The number of carbonyl (C=O) groups is 1. The van der Waals surface area contributed by atoms with Crippen molar-refractivity contribution in [1.82, 2.24) is 24.4 Å². The van der Waals surface area contributed by atoms with Crippen molar-refractivity contribution in [3.8, 4) is 22.4 Å². The fourth-order valence-corrected chi connectivity index (χ4v) is 3.18. The van der Waals surface area contributed by atoms with Gasteiger partial charge in [-0.25, -0.2) is 9.97 Å². The summed E-state index contributed by atoms with van der Waals surface area (Å²) >= 11 is 0. The molecule has 0 unspecified atom stereocenters. The lowest BCUT2D eigenvalue weighted by Gasteiger charge is -2.11. The number of nitrogen functional groups attached to an aromatic ring is 1. The van der Waals surface area contributed by atoms with Crippen molar-refractivity contribution in [2.24, 2.45) is 7.05 Å². The summed E-state index contributed by atoms with van der Waals surface area (Å²) in [5, 5.41) is 1.04. The lowest BCUT2D eigenvalue weighted by molar-refractivity contribution is 0.0827. The Bertz CT molecular complexity index is 1180. The van der Waals surface area contributed by atoms with E-state index in [1.54, 1.807) is 44.8 Å². The first-order valence-electron chi connectivity index (χ1n) is 8.79. The molecule has 0 aliphatic heterocycles. The number of fused-ring (bicyclic) bond motifs is 1. The number of aromatic nitrogens is 4. The predicted molar refractivity (Wildman–Crippen MR) is 110 cm³/mol. The highest BCUT2D eigenvalue weighted by molar-refractivity contribution is 5.95. The molecule has 0 bridgehead atoms. The van der Waals surface area contributed by atoms with Gasteiger partial charge in [-0.2, -0.15) is 0 Å². The molecule has 1 amide bonds. The van der Waals surface area contributed by atoms with Gasteiger partial charge < -0.3 is 15.2 Å². The van der Waals surface area contributed by atoms with Gasteiger partial charge in [0.15, 0.2) is 0 Å². The Morgan fingerprint density at radius 3 is 2.57 bits per heavy atom. The van der Waals surface area contributed by atoms with E-state index in [2.05, 4.69) is 15.0 Å². The molecule has 4 aromatic heterocycles. The Hall–Kier alpha value is -3.74. The van der Waals surface area contributed by atoms with Crippen LogP contribution < -0.4 is 5.73 Å². The van der Waals surface area contributed by atoms with Crippen molar-refractivity contribution in [2.45, 2.75) is 0 Å². The van der Waals surface area contributed by atoms with Crippen molar-refractivity contribution >= 4 is 22.8 Å². The van der Waals surface area contributed by atoms with E-state index in [1.165, 1.54) is 4.90 Å². The van der Waals surface area contributed by atoms with Gasteiger partial charge in [-0.15, -0.1) is 0 Å². The average Bonchev–Trinajstić information content (AvgIpc) is 3.09. The molecule has 28 heavy (non-hydrogen) atoms. The Morgan fingerprint density at radius 1 is 1.04 bits per heavy atom. The molecule has 4 aromatic rings. The molecule has 0 aliphatic carbocycles. The fourth-order valence-electron chi connectivity index (χ4n) is 3.18. The van der Waals surface area contributed by atoms with E-state index < -0.39 is 0 Å². The monoisotopic (exact) mass is 372 g/mol.